The highest BCUT2D eigenvalue weighted by Gasteiger charge is 2.23. The fourth-order valence-corrected chi connectivity index (χ4v) is 4.27. The third kappa shape index (κ3) is 5.67. The van der Waals surface area contributed by atoms with Crippen molar-refractivity contribution in [3.05, 3.63) is 29.8 Å². The van der Waals surface area contributed by atoms with Gasteiger partial charge in [-0.3, -0.25) is 9.59 Å². The van der Waals surface area contributed by atoms with Crippen molar-refractivity contribution < 1.29 is 26.8 Å². The van der Waals surface area contributed by atoms with E-state index in [0.717, 1.165) is 37.1 Å². The summed E-state index contributed by atoms with van der Waals surface area (Å²) in [5.41, 5.74) is 0. The number of likely N-dealkylation sites (tertiary alicyclic amines) is 1. The van der Waals surface area contributed by atoms with Crippen molar-refractivity contribution in [2.75, 3.05) is 24.6 Å². The summed E-state index contributed by atoms with van der Waals surface area (Å²) in [5, 5.41) is 0. The first kappa shape index (κ1) is 19.6. The summed E-state index contributed by atoms with van der Waals surface area (Å²) in [6, 6.07) is 1.94. The van der Waals surface area contributed by atoms with E-state index in [2.05, 4.69) is 0 Å². The highest BCUT2D eigenvalue weighted by molar-refractivity contribution is 8.00. The van der Waals surface area contributed by atoms with E-state index in [-0.39, 0.29) is 17.4 Å². The van der Waals surface area contributed by atoms with Gasteiger partial charge in [0, 0.05) is 13.1 Å². The van der Waals surface area contributed by atoms with Crippen LogP contribution in [0.3, 0.4) is 0 Å². The predicted molar refractivity (Wildman–Crippen MR) is 89.4 cm³/mol. The molecule has 25 heavy (non-hydrogen) atoms. The molecular weight excluding hydrogens is 374 g/mol. The molecular formula is C15H18F2N2O4S2. The average molecular weight is 392 g/mol. The van der Waals surface area contributed by atoms with Crippen LogP contribution in [0.4, 0.5) is 8.78 Å². The molecule has 6 nitrogen and oxygen atoms in total. The van der Waals surface area contributed by atoms with Crippen LogP contribution in [0.25, 0.3) is 0 Å². The summed E-state index contributed by atoms with van der Waals surface area (Å²) in [6.45, 7) is 1.39. The number of hydrogen-bond donors (Lipinski definition) is 1. The Morgan fingerprint density at radius 2 is 1.80 bits per heavy atom. The Balaban J connectivity index is 1.85. The predicted octanol–water partition coefficient (Wildman–Crippen LogP) is 1.52. The molecule has 138 valence electrons. The maximum atomic E-state index is 13.5. The van der Waals surface area contributed by atoms with Crippen molar-refractivity contribution >= 4 is 33.6 Å². The molecule has 0 atom stereocenters. The van der Waals surface area contributed by atoms with Crippen molar-refractivity contribution in [1.82, 2.24) is 9.62 Å². The molecule has 2 amide bonds. The smallest absolute Gasteiger partial charge is 0.267 e. The van der Waals surface area contributed by atoms with Gasteiger partial charge >= 0.3 is 0 Å². The molecule has 1 saturated heterocycles. The van der Waals surface area contributed by atoms with Gasteiger partial charge in [0.2, 0.25) is 11.8 Å². The molecule has 1 aromatic carbocycles. The largest absolute Gasteiger partial charge is 0.342 e. The van der Waals surface area contributed by atoms with Gasteiger partial charge in [0.15, 0.2) is 0 Å². The van der Waals surface area contributed by atoms with E-state index in [0.29, 0.717) is 25.2 Å². The lowest BCUT2D eigenvalue weighted by atomic mass is 10.1. The Hall–Kier alpha value is -1.68. The lowest BCUT2D eigenvalue weighted by Gasteiger charge is -2.26. The lowest BCUT2D eigenvalue weighted by Crippen LogP contribution is -2.37. The molecule has 1 heterocycles. The van der Waals surface area contributed by atoms with Crippen LogP contribution in [0.1, 0.15) is 19.3 Å². The van der Waals surface area contributed by atoms with Crippen LogP contribution < -0.4 is 4.72 Å². The van der Waals surface area contributed by atoms with Crippen molar-refractivity contribution in [3.8, 4) is 0 Å². The number of carbonyl (C=O) groups excluding carboxylic acids is 2. The van der Waals surface area contributed by atoms with Crippen LogP contribution in [0.5, 0.6) is 0 Å². The SMILES string of the molecule is O=C(CSCC(=O)N1CCCCC1)NS(=O)(=O)c1cc(F)ccc1F. The fourth-order valence-electron chi connectivity index (χ4n) is 2.38. The molecule has 1 aromatic rings. The highest BCUT2D eigenvalue weighted by Crippen LogP contribution is 2.16. The molecule has 1 aliphatic heterocycles. The van der Waals surface area contributed by atoms with Crippen molar-refractivity contribution in [3.63, 3.8) is 0 Å². The monoisotopic (exact) mass is 392 g/mol. The van der Waals surface area contributed by atoms with Crippen LogP contribution in [0.15, 0.2) is 23.1 Å². The lowest BCUT2D eigenvalue weighted by molar-refractivity contribution is -0.129. The van der Waals surface area contributed by atoms with Gasteiger partial charge in [0.25, 0.3) is 10.0 Å². The van der Waals surface area contributed by atoms with E-state index in [1.54, 1.807) is 9.62 Å². The Bertz CT molecular complexity index is 750. The number of piperidine rings is 1. The van der Waals surface area contributed by atoms with Crippen molar-refractivity contribution in [1.29, 1.82) is 0 Å². The third-order valence-corrected chi connectivity index (χ3v) is 5.90. The van der Waals surface area contributed by atoms with E-state index < -0.39 is 32.5 Å². The van der Waals surface area contributed by atoms with E-state index in [1.165, 1.54) is 0 Å². The number of hydrogen-bond acceptors (Lipinski definition) is 5. The zero-order valence-corrected chi connectivity index (χ0v) is 15.0. The Morgan fingerprint density at radius 1 is 1.12 bits per heavy atom. The van der Waals surface area contributed by atoms with E-state index in [9.17, 15) is 26.8 Å². The summed E-state index contributed by atoms with van der Waals surface area (Å²) in [4.78, 5) is 24.4. The average Bonchev–Trinajstić information content (AvgIpc) is 2.57. The molecule has 0 bridgehead atoms. The minimum atomic E-state index is -4.51. The minimum Gasteiger partial charge on any atom is -0.342 e. The number of amides is 2. The molecule has 0 aliphatic carbocycles. The van der Waals surface area contributed by atoms with Crippen molar-refractivity contribution in [2.24, 2.45) is 0 Å². The summed E-state index contributed by atoms with van der Waals surface area (Å²) < 4.78 is 52.2. The standard InChI is InChI=1S/C15H18F2N2O4S2/c16-11-4-5-12(17)13(8-11)25(22,23)18-14(20)9-24-10-15(21)19-6-2-1-3-7-19/h4-5,8H,1-3,6-7,9-10H2,(H,18,20). The number of nitrogens with one attached hydrogen (secondary N) is 1. The number of carbonyl (C=O) groups is 2. The zero-order chi connectivity index (χ0) is 18.4. The van der Waals surface area contributed by atoms with Gasteiger partial charge in [0.05, 0.1) is 11.5 Å². The maximum Gasteiger partial charge on any atom is 0.267 e. The molecule has 1 aliphatic rings. The summed E-state index contributed by atoms with van der Waals surface area (Å²) in [5.74, 6) is -3.32. The van der Waals surface area contributed by atoms with Crippen LogP contribution >= 0.6 is 11.8 Å². The Kier molecular flexibility index (Phi) is 6.77. The van der Waals surface area contributed by atoms with Crippen molar-refractivity contribution in [2.45, 2.75) is 24.2 Å². The van der Waals surface area contributed by atoms with Gasteiger partial charge in [-0.15, -0.1) is 11.8 Å². The first-order chi connectivity index (χ1) is 11.8. The normalized spacial score (nSPS) is 15.0. The molecule has 0 aromatic heterocycles. The van der Waals surface area contributed by atoms with Gasteiger partial charge in [-0.1, -0.05) is 0 Å². The van der Waals surface area contributed by atoms with Gasteiger partial charge in [0.1, 0.15) is 16.5 Å². The second kappa shape index (κ2) is 8.61. The van der Waals surface area contributed by atoms with Crippen LogP contribution in [0, 0.1) is 11.6 Å². The molecule has 0 spiro atoms. The number of benzene rings is 1. The second-order valence-corrected chi connectivity index (χ2v) is 8.17. The number of nitrogens with zero attached hydrogens (tertiary/aromatic N) is 1. The maximum absolute atomic E-state index is 13.5. The molecule has 0 unspecified atom stereocenters. The Morgan fingerprint density at radius 3 is 2.48 bits per heavy atom. The first-order valence-corrected chi connectivity index (χ1v) is 10.3. The quantitative estimate of drug-likeness (QED) is 0.794. The summed E-state index contributed by atoms with van der Waals surface area (Å²) >= 11 is 0.971. The molecule has 1 N–H and O–H groups in total. The minimum absolute atomic E-state index is 0.0573. The molecule has 0 saturated carbocycles. The van der Waals surface area contributed by atoms with Gasteiger partial charge in [-0.25, -0.2) is 21.9 Å². The molecule has 10 heteroatoms. The summed E-state index contributed by atoms with van der Waals surface area (Å²) in [6.07, 6.45) is 3.00. The molecule has 1 fully saturated rings. The van der Waals surface area contributed by atoms with E-state index in [4.69, 9.17) is 0 Å². The van der Waals surface area contributed by atoms with Crippen LogP contribution in [0.2, 0.25) is 0 Å². The highest BCUT2D eigenvalue weighted by atomic mass is 32.2. The summed E-state index contributed by atoms with van der Waals surface area (Å²) in [7, 11) is -4.51. The second-order valence-electron chi connectivity index (χ2n) is 5.54. The van der Waals surface area contributed by atoms with Crippen LogP contribution in [-0.2, 0) is 19.6 Å². The topological polar surface area (TPSA) is 83.6 Å². The number of thioether (sulfide) groups is 1. The number of halogens is 2. The zero-order valence-electron chi connectivity index (χ0n) is 13.3. The number of sulfonamides is 1. The fraction of sp³-hybridized carbons (Fsp3) is 0.467. The van der Waals surface area contributed by atoms with E-state index >= 15 is 0 Å². The molecule has 2 rings (SSSR count). The first-order valence-electron chi connectivity index (χ1n) is 7.66. The Labute approximate surface area is 149 Å². The van der Waals surface area contributed by atoms with Gasteiger partial charge < -0.3 is 4.90 Å². The number of rotatable bonds is 6. The molecule has 0 radical (unpaired) electrons. The third-order valence-electron chi connectivity index (χ3n) is 3.60. The van der Waals surface area contributed by atoms with Crippen LogP contribution in [-0.4, -0.2) is 49.7 Å². The van der Waals surface area contributed by atoms with E-state index in [1.807, 2.05) is 0 Å². The van der Waals surface area contributed by atoms with Gasteiger partial charge in [-0.05, 0) is 37.5 Å². The van der Waals surface area contributed by atoms with Gasteiger partial charge in [-0.2, -0.15) is 0 Å².